The Morgan fingerprint density at radius 3 is 2.18 bits per heavy atom. The molecule has 2 heterocycles. The van der Waals surface area contributed by atoms with Crippen LogP contribution >= 0.6 is 0 Å². The molecule has 8 heteroatoms. The molecule has 0 aliphatic carbocycles. The van der Waals surface area contributed by atoms with Gasteiger partial charge in [0.05, 0.1) is 16.7 Å². The number of hydrogen-bond acceptors (Lipinski definition) is 5. The van der Waals surface area contributed by atoms with E-state index in [0.717, 1.165) is 4.90 Å². The topological polar surface area (TPSA) is 108 Å². The van der Waals surface area contributed by atoms with Gasteiger partial charge in [-0.3, -0.25) is 39.9 Å². The van der Waals surface area contributed by atoms with Crippen LogP contribution in [0.5, 0.6) is 0 Å². The lowest BCUT2D eigenvalue weighted by Crippen LogP contribution is -2.54. The Kier molecular flexibility index (Phi) is 5.49. The first kappa shape index (κ1) is 19.2. The van der Waals surface area contributed by atoms with Crippen LogP contribution < -0.4 is 10.9 Å². The number of hydrazine groups is 1. The van der Waals surface area contributed by atoms with Crippen molar-refractivity contribution in [3.63, 3.8) is 0 Å². The Bertz CT molecular complexity index is 892. The minimum atomic E-state index is -1.04. The molecular formula is C20H20N4O4. The van der Waals surface area contributed by atoms with Crippen molar-refractivity contribution < 1.29 is 19.2 Å². The summed E-state index contributed by atoms with van der Waals surface area (Å²) in [7, 11) is 0. The summed E-state index contributed by atoms with van der Waals surface area (Å²) in [6, 6.07) is 8.55. The van der Waals surface area contributed by atoms with Gasteiger partial charge in [-0.2, -0.15) is 0 Å². The lowest BCUT2D eigenvalue weighted by atomic mass is 10.0. The molecule has 144 valence electrons. The summed E-state index contributed by atoms with van der Waals surface area (Å²) in [4.78, 5) is 55.1. The Morgan fingerprint density at radius 1 is 1.00 bits per heavy atom. The highest BCUT2D eigenvalue weighted by atomic mass is 16.2. The Hall–Kier alpha value is -3.55. The van der Waals surface area contributed by atoms with Gasteiger partial charge in [0.25, 0.3) is 23.6 Å². The first-order valence-corrected chi connectivity index (χ1v) is 8.87. The fraction of sp³-hybridized carbons (Fsp3) is 0.250. The second-order valence-corrected chi connectivity index (χ2v) is 6.86. The number of nitrogens with one attached hydrogen (secondary N) is 2. The highest BCUT2D eigenvalue weighted by Gasteiger charge is 2.42. The number of nitrogens with zero attached hydrogens (tertiary/aromatic N) is 2. The quantitative estimate of drug-likeness (QED) is 0.604. The molecule has 0 bridgehead atoms. The molecule has 2 aromatic rings. The zero-order chi connectivity index (χ0) is 20.3. The van der Waals surface area contributed by atoms with Gasteiger partial charge in [-0.05, 0) is 36.6 Å². The summed E-state index contributed by atoms with van der Waals surface area (Å²) in [5.41, 5.74) is 5.43. The first-order chi connectivity index (χ1) is 13.4. The van der Waals surface area contributed by atoms with Gasteiger partial charge in [0.2, 0.25) is 0 Å². The van der Waals surface area contributed by atoms with Crippen molar-refractivity contribution in [3.8, 4) is 0 Å². The maximum absolute atomic E-state index is 12.8. The number of amides is 4. The molecule has 2 N–H and O–H groups in total. The largest absolute Gasteiger partial charge is 0.271 e. The number of benzene rings is 1. The molecule has 1 atom stereocenters. The van der Waals surface area contributed by atoms with Gasteiger partial charge in [-0.15, -0.1) is 0 Å². The summed E-state index contributed by atoms with van der Waals surface area (Å²) in [6.07, 6.45) is 3.15. The molecule has 8 nitrogen and oxygen atoms in total. The fourth-order valence-corrected chi connectivity index (χ4v) is 3.04. The van der Waals surface area contributed by atoms with E-state index in [-0.39, 0.29) is 29.0 Å². The average Bonchev–Trinajstić information content (AvgIpc) is 2.95. The van der Waals surface area contributed by atoms with Crippen molar-refractivity contribution in [2.24, 2.45) is 5.92 Å². The molecule has 0 spiro atoms. The SMILES string of the molecule is CC(C)CC(C(=O)NNC(=O)c1cccnc1)N1C(=O)c2ccccc2C1=O. The molecule has 1 unspecified atom stereocenters. The second kappa shape index (κ2) is 7.99. The van der Waals surface area contributed by atoms with Crippen molar-refractivity contribution in [1.82, 2.24) is 20.7 Å². The Labute approximate surface area is 161 Å². The molecule has 28 heavy (non-hydrogen) atoms. The van der Waals surface area contributed by atoms with E-state index in [0.29, 0.717) is 0 Å². The summed E-state index contributed by atoms with van der Waals surface area (Å²) in [5, 5.41) is 0. The second-order valence-electron chi connectivity index (χ2n) is 6.86. The Balaban J connectivity index is 1.77. The Morgan fingerprint density at radius 2 is 1.64 bits per heavy atom. The van der Waals surface area contributed by atoms with Crippen LogP contribution in [0.1, 0.15) is 51.3 Å². The minimum absolute atomic E-state index is 0.0362. The van der Waals surface area contributed by atoms with E-state index in [9.17, 15) is 19.2 Å². The number of aromatic nitrogens is 1. The molecule has 0 saturated carbocycles. The van der Waals surface area contributed by atoms with Gasteiger partial charge in [0.1, 0.15) is 6.04 Å². The number of rotatable bonds is 5. The number of pyridine rings is 1. The summed E-state index contributed by atoms with van der Waals surface area (Å²) >= 11 is 0. The number of hydrogen-bond donors (Lipinski definition) is 2. The number of imide groups is 1. The normalized spacial score (nSPS) is 14.0. The zero-order valence-corrected chi connectivity index (χ0v) is 15.5. The molecule has 1 aromatic heterocycles. The van der Waals surface area contributed by atoms with Crippen molar-refractivity contribution >= 4 is 23.6 Å². The molecule has 4 amide bonds. The first-order valence-electron chi connectivity index (χ1n) is 8.87. The third kappa shape index (κ3) is 3.75. The van der Waals surface area contributed by atoms with E-state index in [1.165, 1.54) is 12.4 Å². The molecule has 1 aliphatic rings. The maximum atomic E-state index is 12.8. The van der Waals surface area contributed by atoms with E-state index in [2.05, 4.69) is 15.8 Å². The van der Waals surface area contributed by atoms with Gasteiger partial charge < -0.3 is 0 Å². The summed E-state index contributed by atoms with van der Waals surface area (Å²) in [6.45, 7) is 3.76. The smallest absolute Gasteiger partial charge is 0.271 e. The zero-order valence-electron chi connectivity index (χ0n) is 15.5. The minimum Gasteiger partial charge on any atom is -0.271 e. The van der Waals surface area contributed by atoms with Crippen LogP contribution in [-0.2, 0) is 4.79 Å². The van der Waals surface area contributed by atoms with E-state index < -0.39 is 29.7 Å². The van der Waals surface area contributed by atoms with Gasteiger partial charge in [-0.25, -0.2) is 0 Å². The van der Waals surface area contributed by atoms with Crippen LogP contribution in [0.2, 0.25) is 0 Å². The van der Waals surface area contributed by atoms with Gasteiger partial charge in [0, 0.05) is 12.4 Å². The van der Waals surface area contributed by atoms with Gasteiger partial charge in [-0.1, -0.05) is 26.0 Å². The molecule has 1 aromatic carbocycles. The number of fused-ring (bicyclic) bond motifs is 1. The summed E-state index contributed by atoms with van der Waals surface area (Å²) < 4.78 is 0. The standard InChI is InChI=1S/C20H20N4O4/c1-12(2)10-16(18(26)23-22-17(25)13-6-5-9-21-11-13)24-19(27)14-7-3-4-8-15(14)20(24)28/h3-9,11-12,16H,10H2,1-2H3,(H,22,25)(H,23,26). The molecule has 0 saturated heterocycles. The molecule has 0 fully saturated rings. The fourth-order valence-electron chi connectivity index (χ4n) is 3.04. The lowest BCUT2D eigenvalue weighted by Gasteiger charge is -2.26. The highest BCUT2D eigenvalue weighted by Crippen LogP contribution is 2.26. The van der Waals surface area contributed by atoms with E-state index in [4.69, 9.17) is 0 Å². The van der Waals surface area contributed by atoms with Crippen molar-refractivity contribution in [1.29, 1.82) is 0 Å². The summed E-state index contributed by atoms with van der Waals surface area (Å²) in [5.74, 6) is -2.18. The van der Waals surface area contributed by atoms with Crippen LogP contribution in [0, 0.1) is 5.92 Å². The van der Waals surface area contributed by atoms with Crippen LogP contribution in [0.25, 0.3) is 0 Å². The maximum Gasteiger partial charge on any atom is 0.271 e. The van der Waals surface area contributed by atoms with Crippen LogP contribution in [0.15, 0.2) is 48.8 Å². The average molecular weight is 380 g/mol. The van der Waals surface area contributed by atoms with E-state index in [1.54, 1.807) is 36.4 Å². The third-order valence-electron chi connectivity index (χ3n) is 4.36. The van der Waals surface area contributed by atoms with Crippen molar-refractivity contribution in [3.05, 3.63) is 65.5 Å². The van der Waals surface area contributed by atoms with Crippen LogP contribution in [0.4, 0.5) is 0 Å². The number of carbonyl (C=O) groups excluding carboxylic acids is 4. The van der Waals surface area contributed by atoms with Gasteiger partial charge in [0.15, 0.2) is 0 Å². The molecule has 1 aliphatic heterocycles. The predicted molar refractivity (Wildman–Crippen MR) is 100 cm³/mol. The molecule has 0 radical (unpaired) electrons. The number of carbonyl (C=O) groups is 4. The van der Waals surface area contributed by atoms with E-state index >= 15 is 0 Å². The molecular weight excluding hydrogens is 360 g/mol. The van der Waals surface area contributed by atoms with Crippen molar-refractivity contribution in [2.75, 3.05) is 0 Å². The monoisotopic (exact) mass is 380 g/mol. The van der Waals surface area contributed by atoms with E-state index in [1.807, 2.05) is 13.8 Å². The lowest BCUT2D eigenvalue weighted by molar-refractivity contribution is -0.126. The third-order valence-corrected chi connectivity index (χ3v) is 4.36. The van der Waals surface area contributed by atoms with Crippen LogP contribution in [-0.4, -0.2) is 39.6 Å². The predicted octanol–water partition coefficient (Wildman–Crippen LogP) is 1.55. The van der Waals surface area contributed by atoms with Gasteiger partial charge >= 0.3 is 0 Å². The highest BCUT2D eigenvalue weighted by molar-refractivity contribution is 6.22. The molecule has 3 rings (SSSR count). The van der Waals surface area contributed by atoms with Crippen molar-refractivity contribution in [2.45, 2.75) is 26.3 Å². The van der Waals surface area contributed by atoms with Crippen LogP contribution in [0.3, 0.4) is 0 Å².